The molecule has 0 saturated heterocycles. The predicted molar refractivity (Wildman–Crippen MR) is 108 cm³/mol. The number of aromatic nitrogens is 1. The Hall–Kier alpha value is -2.26. The van der Waals surface area contributed by atoms with E-state index in [1.165, 1.54) is 16.2 Å². The number of nitrogens with two attached hydrogens (primary N) is 1. The van der Waals surface area contributed by atoms with E-state index in [9.17, 15) is 14.4 Å². The normalized spacial score (nSPS) is 11.8. The molecule has 2 heterocycles. The average molecular weight is 409 g/mol. The molecule has 2 aromatic rings. The summed E-state index contributed by atoms with van der Waals surface area (Å²) in [5, 5.41) is 9.04. The first-order valence-corrected chi connectivity index (χ1v) is 10.6. The summed E-state index contributed by atoms with van der Waals surface area (Å²) < 4.78 is 0. The van der Waals surface area contributed by atoms with E-state index in [1.807, 2.05) is 30.7 Å². The largest absolute Gasteiger partial charge is 0.368 e. The number of carbonyl (C=O) groups excluding carboxylic acids is 3. The molecule has 2 rings (SSSR count). The maximum atomic E-state index is 13.0. The molecule has 146 valence electrons. The van der Waals surface area contributed by atoms with E-state index >= 15 is 0 Å². The van der Waals surface area contributed by atoms with Crippen LogP contribution < -0.4 is 11.1 Å². The van der Waals surface area contributed by atoms with Crippen LogP contribution in [0.25, 0.3) is 10.6 Å². The third-order valence-electron chi connectivity index (χ3n) is 3.87. The molecule has 3 amide bonds. The highest BCUT2D eigenvalue weighted by molar-refractivity contribution is 7.14. The van der Waals surface area contributed by atoms with Gasteiger partial charge in [-0.2, -0.15) is 11.3 Å². The predicted octanol–water partition coefficient (Wildman–Crippen LogP) is 2.49. The first kappa shape index (κ1) is 21.0. The summed E-state index contributed by atoms with van der Waals surface area (Å²) in [4.78, 5) is 42.8. The number of nitrogens with zero attached hydrogens (tertiary/aromatic N) is 2. The van der Waals surface area contributed by atoms with Gasteiger partial charge in [0.05, 0.1) is 6.42 Å². The molecule has 9 heteroatoms. The van der Waals surface area contributed by atoms with Crippen molar-refractivity contribution in [2.24, 2.45) is 5.73 Å². The highest BCUT2D eigenvalue weighted by Crippen LogP contribution is 2.26. The summed E-state index contributed by atoms with van der Waals surface area (Å²) in [7, 11) is 0. The van der Waals surface area contributed by atoms with Gasteiger partial charge in [0.1, 0.15) is 16.7 Å². The van der Waals surface area contributed by atoms with E-state index in [2.05, 4.69) is 10.3 Å². The summed E-state index contributed by atoms with van der Waals surface area (Å²) in [6.45, 7) is 4.67. The average Bonchev–Trinajstić information content (AvgIpc) is 3.33. The van der Waals surface area contributed by atoms with Gasteiger partial charge in [0.15, 0.2) is 0 Å². The van der Waals surface area contributed by atoms with Crippen LogP contribution >= 0.6 is 22.7 Å². The zero-order valence-corrected chi connectivity index (χ0v) is 17.1. The number of hydrogen-bond donors (Lipinski definition) is 2. The van der Waals surface area contributed by atoms with E-state index in [0.29, 0.717) is 19.5 Å². The van der Waals surface area contributed by atoms with Crippen molar-refractivity contribution in [3.63, 3.8) is 0 Å². The van der Waals surface area contributed by atoms with Gasteiger partial charge in [0, 0.05) is 29.4 Å². The highest BCUT2D eigenvalue weighted by atomic mass is 32.1. The Morgan fingerprint density at radius 1 is 1.26 bits per heavy atom. The second-order valence-electron chi connectivity index (χ2n) is 6.02. The molecule has 1 atom stereocenters. The van der Waals surface area contributed by atoms with Crippen molar-refractivity contribution in [1.29, 1.82) is 0 Å². The minimum Gasteiger partial charge on any atom is -0.368 e. The summed E-state index contributed by atoms with van der Waals surface area (Å²) >= 11 is 2.92. The number of nitrogens with one attached hydrogen (secondary N) is 1. The summed E-state index contributed by atoms with van der Waals surface area (Å²) in [5.74, 6) is -1.38. The van der Waals surface area contributed by atoms with E-state index < -0.39 is 11.9 Å². The molecule has 0 bridgehead atoms. The molecular weight excluding hydrogens is 384 g/mol. The van der Waals surface area contributed by atoms with Crippen molar-refractivity contribution in [3.05, 3.63) is 27.9 Å². The summed E-state index contributed by atoms with van der Waals surface area (Å²) in [6.07, 6.45) is 1.27. The minimum absolute atomic E-state index is 0.150. The van der Waals surface area contributed by atoms with Crippen LogP contribution in [-0.4, -0.2) is 46.7 Å². The minimum atomic E-state index is -0.999. The van der Waals surface area contributed by atoms with Crippen molar-refractivity contribution in [2.75, 3.05) is 13.1 Å². The smallest absolute Gasteiger partial charge is 0.274 e. The molecular formula is C18H24N4O3S2. The Balaban J connectivity index is 2.21. The number of rotatable bonds is 10. The molecule has 0 aliphatic rings. The zero-order valence-electron chi connectivity index (χ0n) is 15.4. The lowest BCUT2D eigenvalue weighted by atomic mass is 10.1. The summed E-state index contributed by atoms with van der Waals surface area (Å²) in [5.41, 5.74) is 6.73. The molecule has 7 nitrogen and oxygen atoms in total. The van der Waals surface area contributed by atoms with Crippen molar-refractivity contribution in [1.82, 2.24) is 15.2 Å². The van der Waals surface area contributed by atoms with Gasteiger partial charge in [-0.05, 0) is 24.3 Å². The van der Waals surface area contributed by atoms with Gasteiger partial charge in [0.25, 0.3) is 5.91 Å². The fourth-order valence-electron chi connectivity index (χ4n) is 2.55. The lowest BCUT2D eigenvalue weighted by molar-refractivity contribution is -0.129. The Labute approximate surface area is 166 Å². The van der Waals surface area contributed by atoms with Crippen LogP contribution in [0.2, 0.25) is 0 Å². The number of hydrogen-bond acceptors (Lipinski definition) is 6. The van der Waals surface area contributed by atoms with Gasteiger partial charge in [-0.25, -0.2) is 4.98 Å². The molecule has 3 N–H and O–H groups in total. The van der Waals surface area contributed by atoms with Crippen LogP contribution in [0, 0.1) is 0 Å². The third-order valence-corrected chi connectivity index (χ3v) is 5.45. The van der Waals surface area contributed by atoms with E-state index in [-0.39, 0.29) is 23.9 Å². The standard InChI is InChI=1S/C18H24N4O3S2/c1-3-6-20-15(23)9-14(16(19)24)22(7-4-2)18(25)13-11-27-17(21-13)12-5-8-26-10-12/h5,8,10-11,14H,3-4,6-7,9H2,1-2H3,(H2,19,24)(H,20,23)/t14-/m1/s1. The molecule has 27 heavy (non-hydrogen) atoms. The first-order chi connectivity index (χ1) is 13.0. The third kappa shape index (κ3) is 5.61. The van der Waals surface area contributed by atoms with Gasteiger partial charge in [-0.3, -0.25) is 14.4 Å². The Morgan fingerprint density at radius 2 is 2.04 bits per heavy atom. The molecule has 2 aromatic heterocycles. The number of thiazole rings is 1. The molecule has 0 fully saturated rings. The van der Waals surface area contributed by atoms with Crippen LogP contribution in [0.4, 0.5) is 0 Å². The lowest BCUT2D eigenvalue weighted by Crippen LogP contribution is -2.50. The van der Waals surface area contributed by atoms with Gasteiger partial charge in [-0.1, -0.05) is 13.8 Å². The SMILES string of the molecule is CCCNC(=O)C[C@H](C(N)=O)N(CCC)C(=O)c1csc(-c2ccsc2)n1. The Bertz CT molecular complexity index is 773. The highest BCUT2D eigenvalue weighted by Gasteiger charge is 2.31. The van der Waals surface area contributed by atoms with Crippen LogP contribution in [0.3, 0.4) is 0 Å². The second-order valence-corrected chi connectivity index (χ2v) is 7.66. The molecule has 0 saturated carbocycles. The van der Waals surface area contributed by atoms with E-state index in [1.54, 1.807) is 16.7 Å². The fourth-order valence-corrected chi connectivity index (χ4v) is 4.06. The lowest BCUT2D eigenvalue weighted by Gasteiger charge is -2.28. The number of carbonyl (C=O) groups is 3. The van der Waals surface area contributed by atoms with Crippen molar-refractivity contribution >= 4 is 40.4 Å². The van der Waals surface area contributed by atoms with Gasteiger partial charge in [-0.15, -0.1) is 11.3 Å². The molecule has 0 spiro atoms. The van der Waals surface area contributed by atoms with E-state index in [4.69, 9.17) is 5.73 Å². The topological polar surface area (TPSA) is 105 Å². The van der Waals surface area contributed by atoms with Crippen LogP contribution in [0.15, 0.2) is 22.2 Å². The van der Waals surface area contributed by atoms with Gasteiger partial charge >= 0.3 is 0 Å². The second kappa shape index (κ2) is 10.2. The molecule has 0 aliphatic carbocycles. The number of amides is 3. The summed E-state index contributed by atoms with van der Waals surface area (Å²) in [6, 6.07) is 0.937. The quantitative estimate of drug-likeness (QED) is 0.630. The molecule has 0 radical (unpaired) electrons. The molecule has 0 aromatic carbocycles. The Morgan fingerprint density at radius 3 is 2.63 bits per heavy atom. The van der Waals surface area contributed by atoms with Crippen molar-refractivity contribution in [2.45, 2.75) is 39.2 Å². The van der Waals surface area contributed by atoms with Gasteiger partial charge < -0.3 is 16.0 Å². The zero-order chi connectivity index (χ0) is 19.8. The van der Waals surface area contributed by atoms with E-state index in [0.717, 1.165) is 17.0 Å². The van der Waals surface area contributed by atoms with Crippen LogP contribution in [0.5, 0.6) is 0 Å². The number of primary amides is 1. The first-order valence-electron chi connectivity index (χ1n) is 8.83. The molecule has 0 unspecified atom stereocenters. The number of thiophene rings is 1. The maximum Gasteiger partial charge on any atom is 0.274 e. The monoisotopic (exact) mass is 408 g/mol. The van der Waals surface area contributed by atoms with Crippen molar-refractivity contribution < 1.29 is 14.4 Å². The van der Waals surface area contributed by atoms with Crippen LogP contribution in [0.1, 0.15) is 43.6 Å². The Kier molecular flexibility index (Phi) is 7.93. The van der Waals surface area contributed by atoms with Crippen molar-refractivity contribution in [3.8, 4) is 10.6 Å². The maximum absolute atomic E-state index is 13.0. The van der Waals surface area contributed by atoms with Gasteiger partial charge in [0.2, 0.25) is 11.8 Å². The molecule has 0 aliphatic heterocycles. The van der Waals surface area contributed by atoms with Crippen LogP contribution in [-0.2, 0) is 9.59 Å². The fraction of sp³-hybridized carbons (Fsp3) is 0.444.